The molecular formula is C20H18N2O3S2. The summed E-state index contributed by atoms with van der Waals surface area (Å²) < 4.78 is 0. The first-order chi connectivity index (χ1) is 13.1. The van der Waals surface area contributed by atoms with E-state index < -0.39 is 11.9 Å². The van der Waals surface area contributed by atoms with Crippen molar-refractivity contribution in [3.63, 3.8) is 0 Å². The number of benzene rings is 1. The zero-order chi connectivity index (χ0) is 18.8. The van der Waals surface area contributed by atoms with Crippen molar-refractivity contribution in [2.24, 2.45) is 5.92 Å². The maximum Gasteiger partial charge on any atom is 0.308 e. The molecule has 1 aliphatic heterocycles. The third-order valence-corrected chi connectivity index (χ3v) is 6.76. The second-order valence-corrected chi connectivity index (χ2v) is 8.36. The average Bonchev–Trinajstić information content (AvgIpc) is 3.42. The van der Waals surface area contributed by atoms with Gasteiger partial charge in [0.2, 0.25) is 5.91 Å². The highest BCUT2D eigenvalue weighted by atomic mass is 32.1. The van der Waals surface area contributed by atoms with E-state index in [2.05, 4.69) is 4.98 Å². The number of carbonyl (C=O) groups excluding carboxylic acids is 1. The first kappa shape index (κ1) is 17.9. The van der Waals surface area contributed by atoms with Gasteiger partial charge in [0.25, 0.3) is 0 Å². The molecule has 138 valence electrons. The van der Waals surface area contributed by atoms with Gasteiger partial charge in [0, 0.05) is 24.4 Å². The summed E-state index contributed by atoms with van der Waals surface area (Å²) in [4.78, 5) is 31.8. The quantitative estimate of drug-likeness (QED) is 0.711. The molecule has 3 aromatic rings. The molecule has 0 saturated carbocycles. The van der Waals surface area contributed by atoms with E-state index in [1.54, 1.807) is 16.2 Å². The van der Waals surface area contributed by atoms with E-state index in [9.17, 15) is 14.7 Å². The van der Waals surface area contributed by atoms with Crippen molar-refractivity contribution in [3.05, 3.63) is 64.5 Å². The lowest BCUT2D eigenvalue weighted by Crippen LogP contribution is -2.31. The number of thiophene rings is 1. The first-order valence-corrected chi connectivity index (χ1v) is 10.4. The number of rotatable bonds is 5. The summed E-state index contributed by atoms with van der Waals surface area (Å²) in [6.07, 6.45) is 0.204. The molecule has 3 heterocycles. The Bertz CT molecular complexity index is 937. The van der Waals surface area contributed by atoms with Crippen molar-refractivity contribution in [2.75, 3.05) is 13.1 Å². The fourth-order valence-electron chi connectivity index (χ4n) is 3.46. The van der Waals surface area contributed by atoms with E-state index >= 15 is 0 Å². The number of aromatic nitrogens is 1. The second kappa shape index (κ2) is 7.62. The van der Waals surface area contributed by atoms with Crippen molar-refractivity contribution in [1.29, 1.82) is 0 Å². The molecule has 1 amide bonds. The van der Waals surface area contributed by atoms with E-state index in [1.807, 2.05) is 53.2 Å². The molecule has 0 spiro atoms. The summed E-state index contributed by atoms with van der Waals surface area (Å²) in [5, 5.41) is 14.4. The molecule has 0 aliphatic carbocycles. The SMILES string of the molecule is O=C(O)[C@@H]1CN(C(=O)Cc2csc(-c3cccs3)n2)C[C@@H]1c1ccccc1. The van der Waals surface area contributed by atoms with Gasteiger partial charge in [-0.3, -0.25) is 9.59 Å². The summed E-state index contributed by atoms with van der Waals surface area (Å²) >= 11 is 3.15. The van der Waals surface area contributed by atoms with Gasteiger partial charge in [-0.05, 0) is 17.0 Å². The number of likely N-dealkylation sites (tertiary alicyclic amines) is 1. The van der Waals surface area contributed by atoms with E-state index in [0.717, 1.165) is 21.1 Å². The van der Waals surface area contributed by atoms with Gasteiger partial charge in [0.15, 0.2) is 0 Å². The van der Waals surface area contributed by atoms with Crippen LogP contribution in [-0.2, 0) is 16.0 Å². The Balaban J connectivity index is 1.47. The number of aliphatic carboxylic acids is 1. The number of carbonyl (C=O) groups is 2. The molecule has 0 radical (unpaired) electrons. The fourth-order valence-corrected chi connectivity index (χ4v) is 5.10. The summed E-state index contributed by atoms with van der Waals surface area (Å²) in [6, 6.07) is 13.6. The molecule has 1 fully saturated rings. The molecular weight excluding hydrogens is 380 g/mol. The summed E-state index contributed by atoms with van der Waals surface area (Å²) in [6.45, 7) is 0.678. The van der Waals surface area contributed by atoms with Crippen molar-refractivity contribution in [3.8, 4) is 9.88 Å². The lowest BCUT2D eigenvalue weighted by Gasteiger charge is -2.16. The highest BCUT2D eigenvalue weighted by Gasteiger charge is 2.40. The molecule has 27 heavy (non-hydrogen) atoms. The van der Waals surface area contributed by atoms with Gasteiger partial charge in [-0.2, -0.15) is 0 Å². The van der Waals surface area contributed by atoms with Gasteiger partial charge in [-0.1, -0.05) is 36.4 Å². The summed E-state index contributed by atoms with van der Waals surface area (Å²) in [5.74, 6) is -1.67. The molecule has 0 unspecified atom stereocenters. The van der Waals surface area contributed by atoms with Crippen LogP contribution in [0.1, 0.15) is 17.2 Å². The number of hydrogen-bond acceptors (Lipinski definition) is 5. The van der Waals surface area contributed by atoms with Crippen LogP contribution in [0.4, 0.5) is 0 Å². The smallest absolute Gasteiger partial charge is 0.308 e. The van der Waals surface area contributed by atoms with Crippen molar-refractivity contribution >= 4 is 34.6 Å². The van der Waals surface area contributed by atoms with E-state index in [0.29, 0.717) is 6.54 Å². The van der Waals surface area contributed by atoms with Crippen LogP contribution in [0.15, 0.2) is 53.2 Å². The standard InChI is InChI=1S/C20H18N2O3S2/c23-18(9-14-12-27-19(21-14)17-7-4-8-26-17)22-10-15(16(11-22)20(24)25)13-5-2-1-3-6-13/h1-8,12,15-16H,9-11H2,(H,24,25)/t15-,16-/m1/s1. The minimum atomic E-state index is -0.854. The van der Waals surface area contributed by atoms with Gasteiger partial charge in [0.05, 0.1) is 22.9 Å². The van der Waals surface area contributed by atoms with Gasteiger partial charge < -0.3 is 10.0 Å². The number of amides is 1. The third-order valence-electron chi connectivity index (χ3n) is 4.83. The molecule has 0 bridgehead atoms. The van der Waals surface area contributed by atoms with Crippen molar-refractivity contribution in [2.45, 2.75) is 12.3 Å². The summed E-state index contributed by atoms with van der Waals surface area (Å²) in [7, 11) is 0. The Morgan fingerprint density at radius 1 is 1.11 bits per heavy atom. The average molecular weight is 399 g/mol. The molecule has 7 heteroatoms. The van der Waals surface area contributed by atoms with E-state index in [4.69, 9.17) is 0 Å². The van der Waals surface area contributed by atoms with Gasteiger partial charge >= 0.3 is 5.97 Å². The number of carboxylic acid groups (broad SMARTS) is 1. The molecule has 1 aromatic carbocycles. The Labute approximate surface area is 164 Å². The first-order valence-electron chi connectivity index (χ1n) is 8.65. The molecule has 5 nitrogen and oxygen atoms in total. The van der Waals surface area contributed by atoms with Crippen LogP contribution < -0.4 is 0 Å². The van der Waals surface area contributed by atoms with Crippen LogP contribution in [0.5, 0.6) is 0 Å². The van der Waals surface area contributed by atoms with Crippen molar-refractivity contribution < 1.29 is 14.7 Å². The largest absolute Gasteiger partial charge is 0.481 e. The molecule has 1 N–H and O–H groups in total. The predicted octanol–water partition coefficient (Wildman–Crippen LogP) is 3.74. The maximum absolute atomic E-state index is 12.8. The number of carboxylic acids is 1. The van der Waals surface area contributed by atoms with E-state index in [-0.39, 0.29) is 24.8 Å². The van der Waals surface area contributed by atoms with Gasteiger partial charge in [-0.15, -0.1) is 22.7 Å². The molecule has 4 rings (SSSR count). The van der Waals surface area contributed by atoms with Crippen LogP contribution in [0.2, 0.25) is 0 Å². The lowest BCUT2D eigenvalue weighted by atomic mass is 9.89. The highest BCUT2D eigenvalue weighted by Crippen LogP contribution is 2.33. The normalized spacial score (nSPS) is 19.3. The Morgan fingerprint density at radius 2 is 1.93 bits per heavy atom. The lowest BCUT2D eigenvalue weighted by molar-refractivity contribution is -0.141. The Hall–Kier alpha value is -2.51. The van der Waals surface area contributed by atoms with Gasteiger partial charge in [0.1, 0.15) is 5.01 Å². The second-order valence-electron chi connectivity index (χ2n) is 6.56. The molecule has 1 aliphatic rings. The van der Waals surface area contributed by atoms with Crippen LogP contribution in [0, 0.1) is 5.92 Å². The number of nitrogens with zero attached hydrogens (tertiary/aromatic N) is 2. The minimum Gasteiger partial charge on any atom is -0.481 e. The predicted molar refractivity (Wildman–Crippen MR) is 106 cm³/mol. The maximum atomic E-state index is 12.8. The zero-order valence-corrected chi connectivity index (χ0v) is 16.1. The summed E-state index contributed by atoms with van der Waals surface area (Å²) in [5.41, 5.74) is 1.71. The fraction of sp³-hybridized carbons (Fsp3) is 0.250. The molecule has 2 aromatic heterocycles. The van der Waals surface area contributed by atoms with Crippen LogP contribution >= 0.6 is 22.7 Å². The third kappa shape index (κ3) is 3.79. The van der Waals surface area contributed by atoms with Crippen molar-refractivity contribution in [1.82, 2.24) is 9.88 Å². The van der Waals surface area contributed by atoms with Gasteiger partial charge in [-0.25, -0.2) is 4.98 Å². The molecule has 1 saturated heterocycles. The highest BCUT2D eigenvalue weighted by molar-refractivity contribution is 7.20. The zero-order valence-electron chi connectivity index (χ0n) is 14.4. The van der Waals surface area contributed by atoms with Crippen LogP contribution in [0.25, 0.3) is 9.88 Å². The van der Waals surface area contributed by atoms with Crippen LogP contribution in [-0.4, -0.2) is 40.0 Å². The number of hydrogen-bond donors (Lipinski definition) is 1. The van der Waals surface area contributed by atoms with Crippen LogP contribution in [0.3, 0.4) is 0 Å². The topological polar surface area (TPSA) is 70.5 Å². The molecule has 2 atom stereocenters. The number of thiazole rings is 1. The Kier molecular flexibility index (Phi) is 5.05. The minimum absolute atomic E-state index is 0.0669. The monoisotopic (exact) mass is 398 g/mol. The Morgan fingerprint density at radius 3 is 2.63 bits per heavy atom. The van der Waals surface area contributed by atoms with E-state index in [1.165, 1.54) is 11.3 Å².